The van der Waals surface area contributed by atoms with Gasteiger partial charge in [0.25, 0.3) is 0 Å². The number of halogens is 2. The van der Waals surface area contributed by atoms with Crippen LogP contribution in [-0.4, -0.2) is 11.9 Å². The summed E-state index contributed by atoms with van der Waals surface area (Å²) in [6.07, 6.45) is 2.55. The minimum Gasteiger partial charge on any atom is -0.490 e. The number of benzene rings is 2. The molecule has 2 aromatic rings. The second kappa shape index (κ2) is 5.70. The molecule has 20 heavy (non-hydrogen) atoms. The smallest absolute Gasteiger partial charge is 0.194 e. The molecular formula is C16H12Br2O2. The van der Waals surface area contributed by atoms with Gasteiger partial charge in [0.2, 0.25) is 0 Å². The third-order valence-corrected chi connectivity index (χ3v) is 4.25. The average molecular weight is 396 g/mol. The van der Waals surface area contributed by atoms with E-state index >= 15 is 0 Å². The number of rotatable bonds is 4. The van der Waals surface area contributed by atoms with Crippen LogP contribution in [0.1, 0.15) is 28.8 Å². The van der Waals surface area contributed by atoms with Crippen molar-refractivity contribution in [3.8, 4) is 5.75 Å². The monoisotopic (exact) mass is 394 g/mol. The molecule has 0 aromatic heterocycles. The molecule has 0 bridgehead atoms. The number of hydrogen-bond acceptors (Lipinski definition) is 2. The minimum absolute atomic E-state index is 0.00868. The summed E-state index contributed by atoms with van der Waals surface area (Å²) < 4.78 is 7.45. The molecule has 0 unspecified atom stereocenters. The van der Waals surface area contributed by atoms with Crippen LogP contribution in [0, 0.1) is 0 Å². The Labute approximate surface area is 134 Å². The van der Waals surface area contributed by atoms with Crippen molar-refractivity contribution in [3.05, 3.63) is 62.5 Å². The summed E-state index contributed by atoms with van der Waals surface area (Å²) in [5, 5.41) is 0. The van der Waals surface area contributed by atoms with E-state index in [1.165, 1.54) is 0 Å². The van der Waals surface area contributed by atoms with Crippen molar-refractivity contribution < 1.29 is 9.53 Å². The summed E-state index contributed by atoms with van der Waals surface area (Å²) in [7, 11) is 0. The Bertz CT molecular complexity index is 663. The Hall–Kier alpha value is -1.13. The topological polar surface area (TPSA) is 26.3 Å². The van der Waals surface area contributed by atoms with Crippen molar-refractivity contribution in [1.29, 1.82) is 0 Å². The van der Waals surface area contributed by atoms with Crippen LogP contribution in [0.15, 0.2) is 51.4 Å². The van der Waals surface area contributed by atoms with Gasteiger partial charge in [-0.2, -0.15) is 0 Å². The van der Waals surface area contributed by atoms with Crippen molar-refractivity contribution in [2.45, 2.75) is 18.9 Å². The zero-order valence-electron chi connectivity index (χ0n) is 10.6. The molecule has 2 nitrogen and oxygen atoms in total. The molecule has 3 rings (SSSR count). The number of ketones is 1. The van der Waals surface area contributed by atoms with Gasteiger partial charge in [0.15, 0.2) is 5.78 Å². The number of carbonyl (C=O) groups is 1. The maximum atomic E-state index is 12.5. The highest BCUT2D eigenvalue weighted by molar-refractivity contribution is 9.11. The minimum atomic E-state index is -0.00868. The van der Waals surface area contributed by atoms with Crippen LogP contribution < -0.4 is 4.74 Å². The normalized spacial score (nSPS) is 14.1. The lowest BCUT2D eigenvalue weighted by atomic mass is 10.0. The van der Waals surface area contributed by atoms with E-state index in [2.05, 4.69) is 31.9 Å². The SMILES string of the molecule is O=C(c1cccc(OC2CC2)c1)c1ccc(Br)cc1Br. The Morgan fingerprint density at radius 2 is 1.90 bits per heavy atom. The van der Waals surface area contributed by atoms with Crippen molar-refractivity contribution in [2.75, 3.05) is 0 Å². The van der Waals surface area contributed by atoms with Gasteiger partial charge in [-0.05, 0) is 59.1 Å². The quantitative estimate of drug-likeness (QED) is 0.682. The van der Waals surface area contributed by atoms with E-state index in [4.69, 9.17) is 4.74 Å². The van der Waals surface area contributed by atoms with E-state index in [1.807, 2.05) is 42.5 Å². The van der Waals surface area contributed by atoms with Crippen LogP contribution in [0.3, 0.4) is 0 Å². The fourth-order valence-corrected chi connectivity index (χ4v) is 3.15. The van der Waals surface area contributed by atoms with E-state index in [-0.39, 0.29) is 5.78 Å². The third-order valence-electron chi connectivity index (χ3n) is 3.10. The molecule has 2 aromatic carbocycles. The summed E-state index contributed by atoms with van der Waals surface area (Å²) in [4.78, 5) is 12.5. The molecule has 1 fully saturated rings. The fourth-order valence-electron chi connectivity index (χ4n) is 1.92. The highest BCUT2D eigenvalue weighted by Gasteiger charge is 2.23. The third kappa shape index (κ3) is 3.13. The van der Waals surface area contributed by atoms with Crippen molar-refractivity contribution in [2.24, 2.45) is 0 Å². The molecule has 0 radical (unpaired) electrons. The second-order valence-electron chi connectivity index (χ2n) is 4.80. The Kier molecular flexibility index (Phi) is 3.94. The first-order valence-corrected chi connectivity index (χ1v) is 7.98. The van der Waals surface area contributed by atoms with Gasteiger partial charge in [0, 0.05) is 20.1 Å². The second-order valence-corrected chi connectivity index (χ2v) is 6.57. The zero-order chi connectivity index (χ0) is 14.1. The van der Waals surface area contributed by atoms with Gasteiger partial charge in [-0.15, -0.1) is 0 Å². The summed E-state index contributed by atoms with van der Waals surface area (Å²) in [5.41, 5.74) is 1.29. The number of hydrogen-bond donors (Lipinski definition) is 0. The summed E-state index contributed by atoms with van der Waals surface area (Å²) >= 11 is 6.82. The number of carbonyl (C=O) groups excluding carboxylic acids is 1. The van der Waals surface area contributed by atoms with E-state index in [0.29, 0.717) is 17.2 Å². The maximum Gasteiger partial charge on any atom is 0.194 e. The van der Waals surface area contributed by atoms with Gasteiger partial charge in [-0.1, -0.05) is 28.1 Å². The molecule has 1 aliphatic carbocycles. The van der Waals surface area contributed by atoms with Gasteiger partial charge >= 0.3 is 0 Å². The Morgan fingerprint density at radius 3 is 2.60 bits per heavy atom. The largest absolute Gasteiger partial charge is 0.490 e. The lowest BCUT2D eigenvalue weighted by Gasteiger charge is -2.08. The van der Waals surface area contributed by atoms with Gasteiger partial charge in [-0.3, -0.25) is 4.79 Å². The molecule has 4 heteroatoms. The summed E-state index contributed by atoms with van der Waals surface area (Å²) in [6, 6.07) is 12.9. The van der Waals surface area contributed by atoms with Gasteiger partial charge in [0.05, 0.1) is 6.10 Å². The van der Waals surface area contributed by atoms with Crippen molar-refractivity contribution >= 4 is 37.6 Å². The first kappa shape index (κ1) is 13.8. The van der Waals surface area contributed by atoms with Crippen molar-refractivity contribution in [3.63, 3.8) is 0 Å². The Morgan fingerprint density at radius 1 is 1.10 bits per heavy atom. The molecule has 0 heterocycles. The molecular weight excluding hydrogens is 384 g/mol. The van der Waals surface area contributed by atoms with Crippen LogP contribution in [0.5, 0.6) is 5.75 Å². The molecule has 0 N–H and O–H groups in total. The fraction of sp³-hybridized carbons (Fsp3) is 0.188. The van der Waals surface area contributed by atoms with Gasteiger partial charge < -0.3 is 4.74 Å². The molecule has 102 valence electrons. The highest BCUT2D eigenvalue weighted by Crippen LogP contribution is 2.29. The maximum absolute atomic E-state index is 12.5. The molecule has 0 atom stereocenters. The standard InChI is InChI=1S/C16H12Br2O2/c17-11-4-7-14(15(18)9-11)16(19)10-2-1-3-13(8-10)20-12-5-6-12/h1-4,7-9,12H,5-6H2. The lowest BCUT2D eigenvalue weighted by molar-refractivity contribution is 0.103. The molecule has 0 amide bonds. The first-order chi connectivity index (χ1) is 9.63. The number of ether oxygens (including phenoxy) is 1. The molecule has 0 saturated heterocycles. The Balaban J connectivity index is 1.89. The van der Waals surface area contributed by atoms with Crippen LogP contribution in [-0.2, 0) is 0 Å². The van der Waals surface area contributed by atoms with Gasteiger partial charge in [-0.25, -0.2) is 0 Å². The van der Waals surface area contributed by atoms with Crippen LogP contribution in [0.25, 0.3) is 0 Å². The van der Waals surface area contributed by atoms with Crippen LogP contribution >= 0.6 is 31.9 Å². The van der Waals surface area contributed by atoms with E-state index in [9.17, 15) is 4.79 Å². The molecule has 0 spiro atoms. The lowest BCUT2D eigenvalue weighted by Crippen LogP contribution is -2.03. The van der Waals surface area contributed by atoms with E-state index in [0.717, 1.165) is 27.5 Å². The van der Waals surface area contributed by atoms with E-state index < -0.39 is 0 Å². The molecule has 1 saturated carbocycles. The molecule has 1 aliphatic rings. The van der Waals surface area contributed by atoms with Gasteiger partial charge in [0.1, 0.15) is 5.75 Å². The zero-order valence-corrected chi connectivity index (χ0v) is 13.8. The predicted octanol–water partition coefficient (Wildman–Crippen LogP) is 4.98. The van der Waals surface area contributed by atoms with Crippen molar-refractivity contribution in [1.82, 2.24) is 0 Å². The van der Waals surface area contributed by atoms with E-state index in [1.54, 1.807) is 0 Å². The summed E-state index contributed by atoms with van der Waals surface area (Å²) in [5.74, 6) is 0.761. The van der Waals surface area contributed by atoms with Crippen LogP contribution in [0.4, 0.5) is 0 Å². The highest BCUT2D eigenvalue weighted by atomic mass is 79.9. The van der Waals surface area contributed by atoms with Crippen LogP contribution in [0.2, 0.25) is 0 Å². The first-order valence-electron chi connectivity index (χ1n) is 6.40. The molecule has 0 aliphatic heterocycles. The summed E-state index contributed by atoms with van der Waals surface area (Å²) in [6.45, 7) is 0. The predicted molar refractivity (Wildman–Crippen MR) is 85.4 cm³/mol. The average Bonchev–Trinajstić information content (AvgIpc) is 3.22.